The Balaban J connectivity index is 1.76. The van der Waals surface area contributed by atoms with Crippen molar-refractivity contribution in [2.75, 3.05) is 13.1 Å². The normalized spacial score (nSPS) is 38.4. The van der Waals surface area contributed by atoms with Crippen LogP contribution in [0.3, 0.4) is 0 Å². The van der Waals surface area contributed by atoms with Gasteiger partial charge in [0.1, 0.15) is 0 Å². The van der Waals surface area contributed by atoms with Crippen LogP contribution in [0.25, 0.3) is 0 Å². The van der Waals surface area contributed by atoms with E-state index < -0.39 is 0 Å². The van der Waals surface area contributed by atoms with E-state index in [2.05, 4.69) is 39.1 Å². The van der Waals surface area contributed by atoms with Gasteiger partial charge in [-0.15, -0.1) is 0 Å². The van der Waals surface area contributed by atoms with Crippen LogP contribution in [-0.4, -0.2) is 31.4 Å². The second kappa shape index (κ2) is 3.59. The highest BCUT2D eigenvalue weighted by atomic mass is 16.7. The molecule has 3 aliphatic rings. The Bertz CT molecular complexity index is 348. The molecule has 0 saturated carbocycles. The molecule has 4 heteroatoms. The lowest BCUT2D eigenvalue weighted by Gasteiger charge is -2.32. The van der Waals surface area contributed by atoms with E-state index in [1.165, 1.54) is 5.47 Å². The van der Waals surface area contributed by atoms with Crippen LogP contribution < -0.4 is 5.32 Å². The molecule has 3 nitrogen and oxygen atoms in total. The van der Waals surface area contributed by atoms with E-state index >= 15 is 0 Å². The van der Waals surface area contributed by atoms with Crippen LogP contribution in [-0.2, 0) is 9.31 Å². The number of hydrogen-bond acceptors (Lipinski definition) is 3. The third kappa shape index (κ3) is 1.77. The summed E-state index contributed by atoms with van der Waals surface area (Å²) in [6.45, 7) is 10.7. The monoisotopic (exact) mass is 235 g/mol. The van der Waals surface area contributed by atoms with Gasteiger partial charge in [-0.25, -0.2) is 0 Å². The molecule has 0 bridgehead atoms. The molecule has 94 valence electrons. The van der Waals surface area contributed by atoms with Gasteiger partial charge in [0, 0.05) is 6.54 Å². The van der Waals surface area contributed by atoms with Crippen molar-refractivity contribution in [1.82, 2.24) is 5.32 Å². The minimum Gasteiger partial charge on any atom is -0.400 e. The highest BCUT2D eigenvalue weighted by Gasteiger charge is 2.53. The molecule has 2 heterocycles. The van der Waals surface area contributed by atoms with Crippen molar-refractivity contribution in [2.45, 2.75) is 45.3 Å². The van der Waals surface area contributed by atoms with Gasteiger partial charge in [0.25, 0.3) is 0 Å². The van der Waals surface area contributed by atoms with Gasteiger partial charge < -0.3 is 14.6 Å². The topological polar surface area (TPSA) is 30.5 Å². The van der Waals surface area contributed by atoms with Crippen LogP contribution in [0.1, 0.15) is 34.1 Å². The first-order valence-electron chi connectivity index (χ1n) is 6.66. The molecule has 2 fully saturated rings. The molecule has 0 radical (unpaired) electrons. The van der Waals surface area contributed by atoms with Gasteiger partial charge in [-0.05, 0) is 58.0 Å². The van der Waals surface area contributed by atoms with Crippen LogP contribution >= 0.6 is 0 Å². The summed E-state index contributed by atoms with van der Waals surface area (Å²) in [5, 5.41) is 3.44. The lowest BCUT2D eigenvalue weighted by atomic mass is 9.77. The lowest BCUT2D eigenvalue weighted by Crippen LogP contribution is -2.41. The summed E-state index contributed by atoms with van der Waals surface area (Å²) >= 11 is 0. The zero-order valence-corrected chi connectivity index (χ0v) is 11.2. The van der Waals surface area contributed by atoms with E-state index in [-0.39, 0.29) is 18.3 Å². The third-order valence-electron chi connectivity index (χ3n) is 4.87. The molecule has 2 aliphatic heterocycles. The molecule has 2 atom stereocenters. The van der Waals surface area contributed by atoms with E-state index in [0.29, 0.717) is 5.92 Å². The summed E-state index contributed by atoms with van der Waals surface area (Å²) in [6.07, 6.45) is 3.52. The molecule has 0 aromatic heterocycles. The fraction of sp³-hybridized carbons (Fsp3) is 0.846. The molecular weight excluding hydrogens is 213 g/mol. The van der Waals surface area contributed by atoms with E-state index in [1.54, 1.807) is 0 Å². The molecule has 17 heavy (non-hydrogen) atoms. The maximum atomic E-state index is 6.10. The van der Waals surface area contributed by atoms with Gasteiger partial charge in [0.05, 0.1) is 11.2 Å². The van der Waals surface area contributed by atoms with Crippen LogP contribution in [0.4, 0.5) is 0 Å². The molecule has 0 aromatic rings. The van der Waals surface area contributed by atoms with Crippen LogP contribution in [0, 0.1) is 11.8 Å². The smallest absolute Gasteiger partial charge is 0.400 e. The Hall–Kier alpha value is -0.315. The maximum Gasteiger partial charge on any atom is 0.490 e. The average molecular weight is 235 g/mol. The first kappa shape index (κ1) is 11.8. The predicted octanol–water partition coefficient (Wildman–Crippen LogP) is 1.78. The standard InChI is InChI=1S/C13H22BNO2/c1-12(2)13(3,4)17-14(16-12)11-5-9-7-15-8-10(9)6-11/h5,9-10,15H,6-8H2,1-4H3/t9-,10?/m1/s1. The SMILES string of the molecule is CC1(C)OB(C2=C[C@@H]3CNCC3C2)OC1(C)C. The molecule has 1 unspecified atom stereocenters. The average Bonchev–Trinajstić information content (AvgIpc) is 2.77. The van der Waals surface area contributed by atoms with Gasteiger partial charge in [0.2, 0.25) is 0 Å². The Morgan fingerprint density at radius 2 is 1.82 bits per heavy atom. The van der Waals surface area contributed by atoms with Gasteiger partial charge in [0.15, 0.2) is 0 Å². The van der Waals surface area contributed by atoms with Crippen molar-refractivity contribution in [3.05, 3.63) is 11.5 Å². The van der Waals surface area contributed by atoms with E-state index in [4.69, 9.17) is 9.31 Å². The molecule has 3 rings (SSSR count). The Labute approximate surface area is 104 Å². The summed E-state index contributed by atoms with van der Waals surface area (Å²) in [4.78, 5) is 0. The first-order chi connectivity index (χ1) is 7.89. The zero-order chi connectivity index (χ0) is 12.3. The van der Waals surface area contributed by atoms with Gasteiger partial charge in [-0.2, -0.15) is 0 Å². The molecule has 0 amide bonds. The van der Waals surface area contributed by atoms with Gasteiger partial charge in [-0.3, -0.25) is 0 Å². The van der Waals surface area contributed by atoms with Gasteiger partial charge >= 0.3 is 7.12 Å². The second-order valence-corrected chi connectivity index (χ2v) is 6.62. The number of fused-ring (bicyclic) bond motifs is 1. The second-order valence-electron chi connectivity index (χ2n) is 6.62. The minimum absolute atomic E-state index is 0.120. The van der Waals surface area contributed by atoms with E-state index in [1.807, 2.05) is 0 Å². The van der Waals surface area contributed by atoms with Crippen molar-refractivity contribution < 1.29 is 9.31 Å². The van der Waals surface area contributed by atoms with Crippen LogP contribution in [0.15, 0.2) is 11.5 Å². The predicted molar refractivity (Wildman–Crippen MR) is 68.6 cm³/mol. The molecule has 0 spiro atoms. The Morgan fingerprint density at radius 1 is 1.18 bits per heavy atom. The van der Waals surface area contributed by atoms with Crippen molar-refractivity contribution in [3.8, 4) is 0 Å². The first-order valence-corrected chi connectivity index (χ1v) is 6.66. The van der Waals surface area contributed by atoms with E-state index in [9.17, 15) is 0 Å². The summed E-state index contributed by atoms with van der Waals surface area (Å²) in [7, 11) is -0.120. The molecule has 2 saturated heterocycles. The van der Waals surface area contributed by atoms with Gasteiger partial charge in [-0.1, -0.05) is 6.08 Å². The fourth-order valence-electron chi connectivity index (χ4n) is 2.99. The quantitative estimate of drug-likeness (QED) is 0.703. The van der Waals surface area contributed by atoms with Crippen molar-refractivity contribution in [3.63, 3.8) is 0 Å². The highest BCUT2D eigenvalue weighted by Crippen LogP contribution is 2.42. The molecule has 1 N–H and O–H groups in total. The molecular formula is C13H22BNO2. The summed E-state index contributed by atoms with van der Waals surface area (Å²) in [5.74, 6) is 1.47. The fourth-order valence-corrected chi connectivity index (χ4v) is 2.99. The largest absolute Gasteiger partial charge is 0.490 e. The van der Waals surface area contributed by atoms with Crippen LogP contribution in [0.2, 0.25) is 0 Å². The Kier molecular flexibility index (Phi) is 2.48. The van der Waals surface area contributed by atoms with Crippen molar-refractivity contribution in [2.24, 2.45) is 11.8 Å². The van der Waals surface area contributed by atoms with Crippen molar-refractivity contribution in [1.29, 1.82) is 0 Å². The Morgan fingerprint density at radius 3 is 2.41 bits per heavy atom. The summed E-state index contributed by atoms with van der Waals surface area (Å²) in [6, 6.07) is 0. The number of rotatable bonds is 1. The summed E-state index contributed by atoms with van der Waals surface area (Å²) in [5.41, 5.74) is 0.934. The molecule has 1 aliphatic carbocycles. The number of nitrogens with one attached hydrogen (secondary N) is 1. The van der Waals surface area contributed by atoms with Crippen LogP contribution in [0.5, 0.6) is 0 Å². The maximum absolute atomic E-state index is 6.10. The lowest BCUT2D eigenvalue weighted by molar-refractivity contribution is 0.00578. The third-order valence-corrected chi connectivity index (χ3v) is 4.87. The summed E-state index contributed by atoms with van der Waals surface area (Å²) < 4.78 is 12.2. The highest BCUT2D eigenvalue weighted by molar-refractivity contribution is 6.54. The number of allylic oxidation sites excluding steroid dienone is 1. The van der Waals surface area contributed by atoms with Crippen molar-refractivity contribution >= 4 is 7.12 Å². The number of hydrogen-bond donors (Lipinski definition) is 1. The van der Waals surface area contributed by atoms with E-state index in [0.717, 1.165) is 25.4 Å². The minimum atomic E-state index is -0.214. The zero-order valence-electron chi connectivity index (χ0n) is 11.2. The molecule has 0 aromatic carbocycles.